The molecule has 0 amide bonds. The monoisotopic (exact) mass is 277 g/mol. The highest BCUT2D eigenvalue weighted by Crippen LogP contribution is 2.34. The minimum Gasteiger partial charge on any atom is -0.266 e. The van der Waals surface area contributed by atoms with Gasteiger partial charge in [-0.25, -0.2) is 4.79 Å². The average Bonchev–Trinajstić information content (AvgIpc) is 2.62. The quantitative estimate of drug-likeness (QED) is 0.626. The summed E-state index contributed by atoms with van der Waals surface area (Å²) in [5.74, 6) is 0. The van der Waals surface area contributed by atoms with Gasteiger partial charge in [0.1, 0.15) is 5.69 Å². The number of hydrogen-bond donors (Lipinski definition) is 0. The molecule has 0 unspecified atom stereocenters. The minimum atomic E-state index is 0.518. The van der Waals surface area contributed by atoms with Gasteiger partial charge in [-0.2, -0.15) is 10.1 Å². The third-order valence-corrected chi connectivity index (χ3v) is 2.91. The van der Waals surface area contributed by atoms with Crippen LogP contribution >= 0.6 is 15.9 Å². The Hall–Kier alpha value is -1.71. The molecule has 0 saturated heterocycles. The van der Waals surface area contributed by atoms with E-state index in [-0.39, 0.29) is 0 Å². The lowest BCUT2D eigenvalue weighted by Gasteiger charge is -2.05. The van der Waals surface area contributed by atoms with Gasteiger partial charge < -0.3 is 0 Å². The minimum absolute atomic E-state index is 0.518. The van der Waals surface area contributed by atoms with Crippen LogP contribution in [0.25, 0.3) is 11.3 Å². The van der Waals surface area contributed by atoms with Crippen molar-refractivity contribution in [3.63, 3.8) is 0 Å². The summed E-state index contributed by atoms with van der Waals surface area (Å²) >= 11 is 3.46. The van der Waals surface area contributed by atoms with Crippen LogP contribution in [0.3, 0.4) is 0 Å². The fraction of sp³-hybridized carbons (Fsp3) is 0.0909. The number of halogens is 1. The van der Waals surface area contributed by atoms with Crippen LogP contribution in [0.5, 0.6) is 0 Å². The second kappa shape index (κ2) is 4.43. The number of carbonyl (C=O) groups excluding carboxylic acids is 1. The van der Waals surface area contributed by atoms with Gasteiger partial charge in [-0.15, -0.1) is 0 Å². The Morgan fingerprint density at radius 3 is 2.88 bits per heavy atom. The van der Waals surface area contributed by atoms with Gasteiger partial charge in [0.05, 0.1) is 11.9 Å². The van der Waals surface area contributed by atoms with Crippen molar-refractivity contribution in [1.29, 1.82) is 0 Å². The molecule has 16 heavy (non-hydrogen) atoms. The van der Waals surface area contributed by atoms with Crippen LogP contribution in [0.2, 0.25) is 0 Å². The second-order valence-corrected chi connectivity index (χ2v) is 4.04. The Morgan fingerprint density at radius 2 is 2.19 bits per heavy atom. The van der Waals surface area contributed by atoms with E-state index in [0.717, 1.165) is 15.7 Å². The van der Waals surface area contributed by atoms with Crippen molar-refractivity contribution in [3.8, 4) is 11.3 Å². The lowest BCUT2D eigenvalue weighted by Crippen LogP contribution is -1.93. The molecular weight excluding hydrogens is 270 g/mol. The van der Waals surface area contributed by atoms with Crippen LogP contribution in [0.1, 0.15) is 0 Å². The van der Waals surface area contributed by atoms with Crippen molar-refractivity contribution in [3.05, 3.63) is 34.9 Å². The number of nitrogens with zero attached hydrogens (tertiary/aromatic N) is 3. The summed E-state index contributed by atoms with van der Waals surface area (Å²) in [5.41, 5.74) is 2.25. The van der Waals surface area contributed by atoms with E-state index in [1.165, 1.54) is 6.08 Å². The van der Waals surface area contributed by atoms with Crippen molar-refractivity contribution >= 4 is 27.7 Å². The molecule has 4 nitrogen and oxygen atoms in total. The van der Waals surface area contributed by atoms with E-state index in [1.54, 1.807) is 17.9 Å². The van der Waals surface area contributed by atoms with E-state index in [4.69, 9.17) is 0 Å². The van der Waals surface area contributed by atoms with E-state index < -0.39 is 0 Å². The highest BCUT2D eigenvalue weighted by Gasteiger charge is 2.12. The van der Waals surface area contributed by atoms with Gasteiger partial charge in [0, 0.05) is 17.1 Å². The lowest BCUT2D eigenvalue weighted by molar-refractivity contribution is 0.565. The Bertz CT molecular complexity index is 570. The number of benzene rings is 1. The van der Waals surface area contributed by atoms with Crippen LogP contribution in [-0.2, 0) is 11.8 Å². The Morgan fingerprint density at radius 1 is 1.44 bits per heavy atom. The van der Waals surface area contributed by atoms with Crippen molar-refractivity contribution in [2.24, 2.45) is 12.0 Å². The van der Waals surface area contributed by atoms with Crippen LogP contribution < -0.4 is 0 Å². The molecule has 1 heterocycles. The van der Waals surface area contributed by atoms with Crippen molar-refractivity contribution < 1.29 is 4.79 Å². The van der Waals surface area contributed by atoms with Crippen molar-refractivity contribution in [1.82, 2.24) is 9.78 Å². The summed E-state index contributed by atoms with van der Waals surface area (Å²) < 4.78 is 2.61. The van der Waals surface area contributed by atoms with Gasteiger partial charge in [-0.3, -0.25) is 4.68 Å². The Kier molecular flexibility index (Phi) is 2.99. The molecule has 2 aromatic rings. The molecule has 0 aliphatic carbocycles. The van der Waals surface area contributed by atoms with Crippen molar-refractivity contribution in [2.45, 2.75) is 0 Å². The van der Waals surface area contributed by atoms with Crippen LogP contribution in [0.15, 0.2) is 39.9 Å². The summed E-state index contributed by atoms with van der Waals surface area (Å²) in [6.45, 7) is 0. The molecule has 1 aromatic carbocycles. The summed E-state index contributed by atoms with van der Waals surface area (Å²) in [6.07, 6.45) is 3.07. The topological polar surface area (TPSA) is 47.2 Å². The molecule has 0 spiro atoms. The zero-order valence-corrected chi connectivity index (χ0v) is 10.1. The Balaban J connectivity index is 2.68. The molecule has 80 valence electrons. The van der Waals surface area contributed by atoms with Gasteiger partial charge >= 0.3 is 0 Å². The van der Waals surface area contributed by atoms with E-state index in [0.29, 0.717) is 5.69 Å². The van der Waals surface area contributed by atoms with Crippen molar-refractivity contribution in [2.75, 3.05) is 0 Å². The highest BCUT2D eigenvalue weighted by atomic mass is 79.9. The van der Waals surface area contributed by atoms with E-state index in [9.17, 15) is 4.79 Å². The molecule has 0 fully saturated rings. The maximum atomic E-state index is 10.3. The number of rotatable bonds is 2. The molecule has 5 heteroatoms. The summed E-state index contributed by atoms with van der Waals surface area (Å²) in [5, 5.41) is 4.08. The standard InChI is InChI=1S/C11H8BrN3O/c1-15-11(10(6-14-15)13-7-16)8-4-2-3-5-9(8)12/h2-6H,1H3. The second-order valence-electron chi connectivity index (χ2n) is 3.18. The fourth-order valence-corrected chi connectivity index (χ4v) is 2.00. The largest absolute Gasteiger partial charge is 0.266 e. The first-order chi connectivity index (χ1) is 7.74. The molecule has 0 saturated carbocycles. The van der Waals surface area contributed by atoms with Crippen LogP contribution in [-0.4, -0.2) is 15.9 Å². The van der Waals surface area contributed by atoms with Gasteiger partial charge in [0.25, 0.3) is 0 Å². The molecule has 2 rings (SSSR count). The molecule has 0 aliphatic heterocycles. The number of aliphatic imine (C=N–C) groups is 1. The first-order valence-electron chi connectivity index (χ1n) is 4.59. The van der Waals surface area contributed by atoms with Gasteiger partial charge in [-0.05, 0) is 6.07 Å². The molecule has 0 atom stereocenters. The predicted octanol–water partition coefficient (Wildman–Crippen LogP) is 2.82. The van der Waals surface area contributed by atoms with Gasteiger partial charge in [0.2, 0.25) is 6.08 Å². The molecule has 1 aromatic heterocycles. The number of isocyanates is 1. The number of aromatic nitrogens is 2. The zero-order valence-electron chi connectivity index (χ0n) is 8.51. The number of aryl methyl sites for hydroxylation is 1. The first kappa shape index (κ1) is 10.8. The first-order valence-corrected chi connectivity index (χ1v) is 5.38. The maximum absolute atomic E-state index is 10.3. The third-order valence-electron chi connectivity index (χ3n) is 2.21. The van der Waals surface area contributed by atoms with Crippen LogP contribution in [0.4, 0.5) is 5.69 Å². The van der Waals surface area contributed by atoms with Gasteiger partial charge in [0.15, 0.2) is 0 Å². The summed E-state index contributed by atoms with van der Waals surface area (Å²) in [4.78, 5) is 13.9. The fourth-order valence-electron chi connectivity index (χ4n) is 1.52. The summed E-state index contributed by atoms with van der Waals surface area (Å²) in [6, 6.07) is 7.70. The van der Waals surface area contributed by atoms with E-state index in [1.807, 2.05) is 24.3 Å². The molecule has 0 bridgehead atoms. The maximum Gasteiger partial charge on any atom is 0.240 e. The third kappa shape index (κ3) is 1.83. The number of hydrogen-bond acceptors (Lipinski definition) is 3. The lowest BCUT2D eigenvalue weighted by atomic mass is 10.1. The molecule has 0 radical (unpaired) electrons. The molecular formula is C11H8BrN3O. The SMILES string of the molecule is Cn1ncc(N=C=O)c1-c1ccccc1Br. The average molecular weight is 278 g/mol. The normalized spacial score (nSPS) is 9.88. The zero-order chi connectivity index (χ0) is 11.5. The smallest absolute Gasteiger partial charge is 0.240 e. The summed E-state index contributed by atoms with van der Waals surface area (Å²) in [7, 11) is 1.80. The molecule has 0 N–H and O–H groups in total. The van der Waals surface area contributed by atoms with E-state index in [2.05, 4.69) is 26.0 Å². The Labute approximate surface area is 101 Å². The highest BCUT2D eigenvalue weighted by molar-refractivity contribution is 9.10. The predicted molar refractivity (Wildman–Crippen MR) is 64.1 cm³/mol. The van der Waals surface area contributed by atoms with Crippen LogP contribution in [0, 0.1) is 0 Å². The van der Waals surface area contributed by atoms with E-state index >= 15 is 0 Å². The molecule has 0 aliphatic rings. The van der Waals surface area contributed by atoms with Gasteiger partial charge in [-0.1, -0.05) is 34.1 Å².